The van der Waals surface area contributed by atoms with Crippen LogP contribution in [0.3, 0.4) is 0 Å². The van der Waals surface area contributed by atoms with Crippen molar-refractivity contribution in [3.05, 3.63) is 11.6 Å². The van der Waals surface area contributed by atoms with Crippen LogP contribution in [0.1, 0.15) is 34.6 Å². The first-order chi connectivity index (χ1) is 8.21. The highest BCUT2D eigenvalue weighted by Crippen LogP contribution is 2.59. The van der Waals surface area contributed by atoms with E-state index >= 15 is 0 Å². The summed E-state index contributed by atoms with van der Waals surface area (Å²) in [5.74, 6) is -0.662. The van der Waals surface area contributed by atoms with Gasteiger partial charge in [-0.2, -0.15) is 0 Å². The molecule has 0 aromatic rings. The Kier molecular flexibility index (Phi) is 4.20. The van der Waals surface area contributed by atoms with E-state index in [9.17, 15) is 9.59 Å². The molecule has 0 saturated heterocycles. The van der Waals surface area contributed by atoms with Gasteiger partial charge in [-0.05, 0) is 32.1 Å². The number of rotatable bonds is 4. The minimum Gasteiger partial charge on any atom is -0.466 e. The van der Waals surface area contributed by atoms with E-state index in [-0.39, 0.29) is 35.3 Å². The zero-order valence-corrected chi connectivity index (χ0v) is 11.9. The number of hydrogen-bond donors (Lipinski definition) is 0. The lowest BCUT2D eigenvalue weighted by Gasteiger charge is -2.08. The van der Waals surface area contributed by atoms with Gasteiger partial charge in [-0.25, -0.2) is 4.79 Å². The summed E-state index contributed by atoms with van der Waals surface area (Å²) in [6.45, 7) is 9.37. The van der Waals surface area contributed by atoms with Gasteiger partial charge in [-0.3, -0.25) is 4.79 Å². The van der Waals surface area contributed by atoms with E-state index in [1.165, 1.54) is 7.11 Å². The first kappa shape index (κ1) is 14.7. The van der Waals surface area contributed by atoms with Crippen molar-refractivity contribution in [2.45, 2.75) is 40.7 Å². The standard InChI is InChI=1S/C14H22O4/c1-8(2)18-13(16)11-10(14(11,4)5)7-9(3)12(15)17-6/h7-8,10-11H,1-6H3. The topological polar surface area (TPSA) is 52.6 Å². The lowest BCUT2D eigenvalue weighted by molar-refractivity contribution is -0.150. The first-order valence-corrected chi connectivity index (χ1v) is 6.19. The molecule has 0 heterocycles. The number of esters is 2. The third-order valence-electron chi connectivity index (χ3n) is 3.45. The van der Waals surface area contributed by atoms with Gasteiger partial charge >= 0.3 is 11.9 Å². The molecule has 1 aliphatic rings. The van der Waals surface area contributed by atoms with E-state index in [1.54, 1.807) is 6.92 Å². The predicted octanol–water partition coefficient (Wildman–Crippen LogP) is 2.33. The maximum atomic E-state index is 11.9. The molecule has 4 heteroatoms. The van der Waals surface area contributed by atoms with Crippen molar-refractivity contribution in [1.82, 2.24) is 0 Å². The molecule has 0 aromatic carbocycles. The van der Waals surface area contributed by atoms with Gasteiger partial charge < -0.3 is 9.47 Å². The number of carbonyl (C=O) groups excluding carboxylic acids is 2. The van der Waals surface area contributed by atoms with E-state index in [4.69, 9.17) is 4.74 Å². The molecule has 2 unspecified atom stereocenters. The largest absolute Gasteiger partial charge is 0.466 e. The fraction of sp³-hybridized carbons (Fsp3) is 0.714. The first-order valence-electron chi connectivity index (χ1n) is 6.19. The van der Waals surface area contributed by atoms with Gasteiger partial charge in [-0.1, -0.05) is 19.9 Å². The summed E-state index contributed by atoms with van der Waals surface area (Å²) in [6.07, 6.45) is 1.71. The van der Waals surface area contributed by atoms with Crippen LogP contribution in [0.25, 0.3) is 0 Å². The molecule has 18 heavy (non-hydrogen) atoms. The average molecular weight is 254 g/mol. The van der Waals surface area contributed by atoms with Crippen LogP contribution in [-0.4, -0.2) is 25.2 Å². The van der Waals surface area contributed by atoms with Crippen molar-refractivity contribution in [2.24, 2.45) is 17.3 Å². The summed E-state index contributed by atoms with van der Waals surface area (Å²) in [4.78, 5) is 23.2. The zero-order chi connectivity index (χ0) is 14.1. The van der Waals surface area contributed by atoms with Crippen LogP contribution in [0.4, 0.5) is 0 Å². The van der Waals surface area contributed by atoms with Crippen molar-refractivity contribution in [3.8, 4) is 0 Å². The maximum Gasteiger partial charge on any atom is 0.333 e. The van der Waals surface area contributed by atoms with Crippen LogP contribution in [0, 0.1) is 17.3 Å². The molecule has 0 bridgehead atoms. The van der Waals surface area contributed by atoms with Crippen molar-refractivity contribution < 1.29 is 19.1 Å². The molecule has 1 rings (SSSR count). The molecule has 4 nitrogen and oxygen atoms in total. The number of methoxy groups -OCH3 is 1. The summed E-state index contributed by atoms with van der Waals surface area (Å²) in [5.41, 5.74) is 0.386. The summed E-state index contributed by atoms with van der Waals surface area (Å²) in [6, 6.07) is 0. The SMILES string of the molecule is COC(=O)C(C)=CC1C(C(=O)OC(C)C)C1(C)C. The molecule has 0 N–H and O–H groups in total. The minimum atomic E-state index is -0.353. The van der Waals surface area contributed by atoms with E-state index in [2.05, 4.69) is 4.74 Å². The molecule has 1 fully saturated rings. The van der Waals surface area contributed by atoms with Crippen LogP contribution in [0.2, 0.25) is 0 Å². The van der Waals surface area contributed by atoms with Gasteiger partial charge in [0, 0.05) is 5.57 Å². The van der Waals surface area contributed by atoms with Gasteiger partial charge in [0.1, 0.15) is 0 Å². The number of allylic oxidation sites excluding steroid dienone is 1. The van der Waals surface area contributed by atoms with Crippen LogP contribution in [0.15, 0.2) is 11.6 Å². The quantitative estimate of drug-likeness (QED) is 0.570. The Morgan fingerprint density at radius 2 is 1.83 bits per heavy atom. The number of carbonyl (C=O) groups is 2. The molecule has 0 aliphatic heterocycles. The van der Waals surface area contributed by atoms with Crippen molar-refractivity contribution in [2.75, 3.05) is 7.11 Å². The third kappa shape index (κ3) is 2.92. The Morgan fingerprint density at radius 1 is 1.28 bits per heavy atom. The van der Waals surface area contributed by atoms with E-state index in [0.717, 1.165) is 0 Å². The lowest BCUT2D eigenvalue weighted by atomic mass is 10.1. The van der Waals surface area contributed by atoms with Gasteiger partial charge in [0.2, 0.25) is 0 Å². The minimum absolute atomic E-state index is 0.0443. The van der Waals surface area contributed by atoms with Crippen LogP contribution < -0.4 is 0 Å². The van der Waals surface area contributed by atoms with Crippen LogP contribution in [0.5, 0.6) is 0 Å². The molecule has 0 radical (unpaired) electrons. The van der Waals surface area contributed by atoms with Gasteiger partial charge in [0.25, 0.3) is 0 Å². The molecule has 0 spiro atoms. The van der Waals surface area contributed by atoms with E-state index in [0.29, 0.717) is 5.57 Å². The molecule has 0 amide bonds. The summed E-state index contributed by atoms with van der Waals surface area (Å²) < 4.78 is 9.87. The third-order valence-corrected chi connectivity index (χ3v) is 3.45. The lowest BCUT2D eigenvalue weighted by Crippen LogP contribution is -2.15. The van der Waals surface area contributed by atoms with Gasteiger partial charge in [-0.15, -0.1) is 0 Å². The smallest absolute Gasteiger partial charge is 0.333 e. The molecule has 0 aromatic heterocycles. The van der Waals surface area contributed by atoms with Crippen LogP contribution in [-0.2, 0) is 19.1 Å². The Hall–Kier alpha value is -1.32. The highest BCUT2D eigenvalue weighted by atomic mass is 16.5. The number of ether oxygens (including phenoxy) is 2. The molecule has 1 aliphatic carbocycles. The Bertz CT molecular complexity index is 379. The Labute approximate surface area is 108 Å². The molecule has 2 atom stereocenters. The second-order valence-electron chi connectivity index (χ2n) is 5.65. The highest BCUT2D eigenvalue weighted by molar-refractivity contribution is 5.88. The molecular formula is C14H22O4. The summed E-state index contributed by atoms with van der Waals surface area (Å²) >= 11 is 0. The molecule has 1 saturated carbocycles. The molecule has 102 valence electrons. The zero-order valence-electron chi connectivity index (χ0n) is 11.9. The normalized spacial score (nSPS) is 25.8. The average Bonchev–Trinajstić information content (AvgIpc) is 2.78. The number of hydrogen-bond acceptors (Lipinski definition) is 4. The monoisotopic (exact) mass is 254 g/mol. The summed E-state index contributed by atoms with van der Waals surface area (Å²) in [7, 11) is 1.35. The van der Waals surface area contributed by atoms with Crippen molar-refractivity contribution in [3.63, 3.8) is 0 Å². The summed E-state index contributed by atoms with van der Waals surface area (Å²) in [5, 5.41) is 0. The van der Waals surface area contributed by atoms with Crippen LogP contribution >= 0.6 is 0 Å². The van der Waals surface area contributed by atoms with Crippen molar-refractivity contribution in [1.29, 1.82) is 0 Å². The second-order valence-corrected chi connectivity index (χ2v) is 5.65. The van der Waals surface area contributed by atoms with Gasteiger partial charge in [0.15, 0.2) is 0 Å². The Balaban J connectivity index is 2.75. The maximum absolute atomic E-state index is 11.9. The fourth-order valence-corrected chi connectivity index (χ4v) is 2.24. The van der Waals surface area contributed by atoms with Gasteiger partial charge in [0.05, 0.1) is 19.1 Å². The highest BCUT2D eigenvalue weighted by Gasteiger charge is 2.61. The predicted molar refractivity (Wildman–Crippen MR) is 67.8 cm³/mol. The van der Waals surface area contributed by atoms with E-state index < -0.39 is 0 Å². The second kappa shape index (κ2) is 5.12. The fourth-order valence-electron chi connectivity index (χ4n) is 2.24. The molecular weight excluding hydrogens is 232 g/mol. The van der Waals surface area contributed by atoms with Crippen molar-refractivity contribution >= 4 is 11.9 Å². The Morgan fingerprint density at radius 3 is 2.28 bits per heavy atom. The van der Waals surface area contributed by atoms with E-state index in [1.807, 2.05) is 33.8 Å².